The zero-order chi connectivity index (χ0) is 22.5. The Labute approximate surface area is 182 Å². The molecule has 3 aromatic rings. The van der Waals surface area contributed by atoms with E-state index in [4.69, 9.17) is 8.92 Å². The lowest BCUT2D eigenvalue weighted by Gasteiger charge is -2.22. The van der Waals surface area contributed by atoms with Gasteiger partial charge in [-0.25, -0.2) is 8.42 Å². The number of hydrogen-bond donors (Lipinski definition) is 0. The van der Waals surface area contributed by atoms with Crippen LogP contribution in [0, 0.1) is 0 Å². The summed E-state index contributed by atoms with van der Waals surface area (Å²) in [4.78, 5) is 4.38. The van der Waals surface area contributed by atoms with Crippen molar-refractivity contribution in [2.45, 2.75) is 18.4 Å². The lowest BCUT2D eigenvalue weighted by atomic mass is 10.2. The maximum atomic E-state index is 13.5. The van der Waals surface area contributed by atoms with E-state index >= 15 is 0 Å². The van der Waals surface area contributed by atoms with Gasteiger partial charge in [-0.1, -0.05) is 30.3 Å². The Morgan fingerprint density at radius 1 is 0.968 bits per heavy atom. The number of fused-ring (bicyclic) bond motifs is 1. The van der Waals surface area contributed by atoms with Crippen molar-refractivity contribution in [3.05, 3.63) is 66.4 Å². The van der Waals surface area contributed by atoms with Gasteiger partial charge in [-0.3, -0.25) is 4.98 Å². The summed E-state index contributed by atoms with van der Waals surface area (Å²) in [6.45, 7) is 1.93. The normalized spacial score (nSPS) is 12.4. The first kappa shape index (κ1) is 23.1. The molecule has 3 rings (SSSR count). The summed E-state index contributed by atoms with van der Waals surface area (Å²) in [7, 11) is -6.00. The highest BCUT2D eigenvalue weighted by atomic mass is 32.2. The van der Waals surface area contributed by atoms with Gasteiger partial charge in [-0.15, -0.1) is 0 Å². The second-order valence-corrected chi connectivity index (χ2v) is 10.5. The van der Waals surface area contributed by atoms with E-state index in [9.17, 15) is 16.8 Å². The third-order valence-corrected chi connectivity index (χ3v) is 7.65. The Balaban J connectivity index is 1.91. The van der Waals surface area contributed by atoms with Gasteiger partial charge in [0, 0.05) is 31.8 Å². The highest BCUT2D eigenvalue weighted by Gasteiger charge is 2.27. The molecule has 0 radical (unpaired) electrons. The Morgan fingerprint density at radius 2 is 1.68 bits per heavy atom. The third kappa shape index (κ3) is 5.59. The van der Waals surface area contributed by atoms with Crippen LogP contribution in [-0.2, 0) is 31.4 Å². The van der Waals surface area contributed by atoms with E-state index in [-0.39, 0.29) is 36.1 Å². The van der Waals surface area contributed by atoms with Crippen LogP contribution in [0.3, 0.4) is 0 Å². The highest BCUT2D eigenvalue weighted by molar-refractivity contribution is 7.89. The molecule has 8 nitrogen and oxygen atoms in total. The molecule has 1 aromatic heterocycles. The molecule has 166 valence electrons. The first-order valence-corrected chi connectivity index (χ1v) is 12.6. The average Bonchev–Trinajstić information content (AvgIpc) is 2.77. The number of para-hydroxylation sites is 1. The van der Waals surface area contributed by atoms with Gasteiger partial charge in [0.2, 0.25) is 10.0 Å². The van der Waals surface area contributed by atoms with Crippen molar-refractivity contribution in [2.75, 3.05) is 26.0 Å². The molecule has 0 unspecified atom stereocenters. The highest BCUT2D eigenvalue weighted by Crippen LogP contribution is 2.25. The number of methoxy groups -OCH3 is 1. The van der Waals surface area contributed by atoms with Gasteiger partial charge >= 0.3 is 10.1 Å². The van der Waals surface area contributed by atoms with Crippen LogP contribution in [-0.4, -0.2) is 52.1 Å². The second kappa shape index (κ2) is 9.73. The molecule has 0 fully saturated rings. The minimum atomic E-state index is -3.88. The number of pyridine rings is 1. The molecule has 0 amide bonds. The predicted octanol–water partition coefficient (Wildman–Crippen LogP) is 2.80. The van der Waals surface area contributed by atoms with E-state index in [0.29, 0.717) is 11.1 Å². The summed E-state index contributed by atoms with van der Waals surface area (Å²) >= 11 is 0. The second-order valence-electron chi connectivity index (χ2n) is 6.74. The van der Waals surface area contributed by atoms with E-state index in [1.807, 2.05) is 12.1 Å². The van der Waals surface area contributed by atoms with Crippen molar-refractivity contribution in [1.29, 1.82) is 0 Å². The van der Waals surface area contributed by atoms with Gasteiger partial charge in [0.1, 0.15) is 10.6 Å². The smallest absolute Gasteiger partial charge is 0.308 e. The molecule has 0 saturated carbocycles. The Bertz CT molecular complexity index is 1240. The van der Waals surface area contributed by atoms with Crippen LogP contribution in [0.1, 0.15) is 12.5 Å². The zero-order valence-electron chi connectivity index (χ0n) is 17.3. The summed E-state index contributed by atoms with van der Waals surface area (Å²) in [6, 6.07) is 14.9. The molecule has 1 heterocycles. The van der Waals surface area contributed by atoms with Crippen molar-refractivity contribution in [2.24, 2.45) is 0 Å². The van der Waals surface area contributed by atoms with E-state index in [2.05, 4.69) is 4.98 Å². The van der Waals surface area contributed by atoms with Crippen molar-refractivity contribution in [3.63, 3.8) is 0 Å². The molecule has 0 spiro atoms. The fourth-order valence-corrected chi connectivity index (χ4v) is 5.06. The molecule has 10 heteroatoms. The fourth-order valence-electron chi connectivity index (χ4n) is 2.96. The van der Waals surface area contributed by atoms with Crippen molar-refractivity contribution < 1.29 is 25.8 Å². The number of aromatic nitrogens is 1. The van der Waals surface area contributed by atoms with Gasteiger partial charge < -0.3 is 8.92 Å². The van der Waals surface area contributed by atoms with Crippen LogP contribution in [0.4, 0.5) is 0 Å². The zero-order valence-corrected chi connectivity index (χ0v) is 18.9. The van der Waals surface area contributed by atoms with E-state index in [1.165, 1.54) is 36.5 Å². The van der Waals surface area contributed by atoms with Crippen LogP contribution in [0.25, 0.3) is 10.9 Å². The number of ether oxygens (including phenoxy) is 1. The molecule has 0 aliphatic carbocycles. The molecular formula is C21H24N2O6S2. The van der Waals surface area contributed by atoms with Gasteiger partial charge in [-0.2, -0.15) is 12.7 Å². The average molecular weight is 465 g/mol. The first-order chi connectivity index (χ1) is 14.8. The fraction of sp³-hybridized carbons (Fsp3) is 0.286. The SMILES string of the molecule is CCS(=O)(=O)Oc1ccc(CN(CCOC)S(=O)(=O)c2cccc3cccnc23)cc1. The molecule has 0 atom stereocenters. The molecule has 31 heavy (non-hydrogen) atoms. The lowest BCUT2D eigenvalue weighted by Crippen LogP contribution is -2.33. The quantitative estimate of drug-likeness (QED) is 0.425. The Morgan fingerprint density at radius 3 is 2.35 bits per heavy atom. The molecule has 0 saturated heterocycles. The van der Waals surface area contributed by atoms with Gasteiger partial charge in [0.05, 0.1) is 17.9 Å². The van der Waals surface area contributed by atoms with E-state index in [1.54, 1.807) is 30.5 Å². The van der Waals surface area contributed by atoms with E-state index in [0.717, 1.165) is 5.39 Å². The summed E-state index contributed by atoms with van der Waals surface area (Å²) < 4.78 is 61.6. The summed E-state index contributed by atoms with van der Waals surface area (Å²) in [5.74, 6) is 0.0341. The minimum absolute atomic E-state index is 0.0791. The maximum absolute atomic E-state index is 13.5. The standard InChI is InChI=1S/C21H24N2O6S2/c1-3-30(24,25)29-19-11-9-17(10-12-19)16-23(14-15-28-2)31(26,27)20-8-4-6-18-7-5-13-22-21(18)20/h4-13H,3,14-16H2,1-2H3. The van der Waals surface area contributed by atoms with Crippen molar-refractivity contribution in [1.82, 2.24) is 9.29 Å². The third-order valence-electron chi connectivity index (χ3n) is 4.62. The number of nitrogens with zero attached hydrogens (tertiary/aromatic N) is 2. The van der Waals surface area contributed by atoms with Crippen molar-refractivity contribution >= 4 is 31.0 Å². The largest absolute Gasteiger partial charge is 0.383 e. The number of rotatable bonds is 10. The summed E-state index contributed by atoms with van der Waals surface area (Å²) in [5.41, 5.74) is 1.08. The Kier molecular flexibility index (Phi) is 7.26. The Hall–Kier alpha value is -2.53. The van der Waals surface area contributed by atoms with Crippen LogP contribution in [0.2, 0.25) is 0 Å². The van der Waals surface area contributed by atoms with Crippen LogP contribution < -0.4 is 4.18 Å². The monoisotopic (exact) mass is 464 g/mol. The van der Waals surface area contributed by atoms with Crippen molar-refractivity contribution in [3.8, 4) is 5.75 Å². The van der Waals surface area contributed by atoms with Gasteiger partial charge in [0.15, 0.2) is 0 Å². The number of benzene rings is 2. The molecule has 0 aliphatic rings. The molecule has 0 N–H and O–H groups in total. The predicted molar refractivity (Wildman–Crippen MR) is 118 cm³/mol. The van der Waals surface area contributed by atoms with Crippen LogP contribution in [0.15, 0.2) is 65.7 Å². The van der Waals surface area contributed by atoms with Gasteiger partial charge in [-0.05, 0) is 36.8 Å². The molecule has 0 aliphatic heterocycles. The maximum Gasteiger partial charge on any atom is 0.308 e. The summed E-state index contributed by atoms with van der Waals surface area (Å²) in [5, 5.41) is 0.730. The summed E-state index contributed by atoms with van der Waals surface area (Å²) in [6.07, 6.45) is 1.56. The number of sulfonamides is 1. The topological polar surface area (TPSA) is 103 Å². The lowest BCUT2D eigenvalue weighted by molar-refractivity contribution is 0.177. The minimum Gasteiger partial charge on any atom is -0.383 e. The van der Waals surface area contributed by atoms with Gasteiger partial charge in [0.25, 0.3) is 0 Å². The molecule has 2 aromatic carbocycles. The first-order valence-electron chi connectivity index (χ1n) is 9.61. The van der Waals surface area contributed by atoms with E-state index < -0.39 is 20.1 Å². The number of hydrogen-bond acceptors (Lipinski definition) is 7. The van der Waals surface area contributed by atoms with Crippen LogP contribution in [0.5, 0.6) is 5.75 Å². The van der Waals surface area contributed by atoms with Crippen LogP contribution >= 0.6 is 0 Å². The molecule has 0 bridgehead atoms. The molecular weight excluding hydrogens is 440 g/mol.